The van der Waals surface area contributed by atoms with E-state index in [4.69, 9.17) is 0 Å². The van der Waals surface area contributed by atoms with E-state index in [-0.39, 0.29) is 11.8 Å². The number of nitrogens with zero attached hydrogens (tertiary/aromatic N) is 2. The molecule has 5 aromatic rings. The molecule has 5 nitrogen and oxygen atoms in total. The Morgan fingerprint density at radius 3 is 2.20 bits per heavy atom. The molecule has 0 fully saturated rings. The second-order valence-corrected chi connectivity index (χ2v) is 11.3. The van der Waals surface area contributed by atoms with Crippen LogP contribution in [0.25, 0.3) is 22.2 Å². The lowest BCUT2D eigenvalue weighted by Gasteiger charge is -2.31. The molecule has 2 unspecified atom stereocenters. The summed E-state index contributed by atoms with van der Waals surface area (Å²) in [6.45, 7) is 8.19. The highest BCUT2D eigenvalue weighted by molar-refractivity contribution is 6.06. The van der Waals surface area contributed by atoms with Gasteiger partial charge in [0.2, 0.25) is 5.91 Å². The molecule has 2 atom stereocenters. The van der Waals surface area contributed by atoms with Gasteiger partial charge in [-0.2, -0.15) is 0 Å². The van der Waals surface area contributed by atoms with Crippen molar-refractivity contribution in [2.45, 2.75) is 45.7 Å². The lowest BCUT2D eigenvalue weighted by Crippen LogP contribution is -2.44. The van der Waals surface area contributed by atoms with Crippen LogP contribution in [0, 0.1) is 6.92 Å². The van der Waals surface area contributed by atoms with Gasteiger partial charge in [0, 0.05) is 34.8 Å². The minimum Gasteiger partial charge on any atom is -0.343 e. The van der Waals surface area contributed by atoms with Crippen LogP contribution < -0.4 is 5.32 Å². The Balaban J connectivity index is 1.49. The van der Waals surface area contributed by atoms with Gasteiger partial charge in [-0.3, -0.25) is 9.59 Å². The summed E-state index contributed by atoms with van der Waals surface area (Å²) < 4.78 is 2.21. The third-order valence-corrected chi connectivity index (χ3v) is 8.38. The first-order valence-corrected chi connectivity index (χ1v) is 14.2. The van der Waals surface area contributed by atoms with Gasteiger partial charge in [-0.1, -0.05) is 92.2 Å². The number of nitrogens with one attached hydrogen (secondary N) is 1. The van der Waals surface area contributed by atoms with Crippen LogP contribution in [0.3, 0.4) is 0 Å². The third kappa shape index (κ3) is 4.51. The number of aryl methyl sites for hydroxylation is 2. The molecule has 6 rings (SSSR count). The fourth-order valence-corrected chi connectivity index (χ4v) is 6.11. The summed E-state index contributed by atoms with van der Waals surface area (Å²) >= 11 is 0. The Bertz CT molecular complexity index is 1760. The number of amides is 2. The predicted molar refractivity (Wildman–Crippen MR) is 166 cm³/mol. The first kappa shape index (κ1) is 26.6. The quantitative estimate of drug-likeness (QED) is 0.238. The first-order chi connectivity index (χ1) is 19.8. The Morgan fingerprint density at radius 2 is 1.49 bits per heavy atom. The molecule has 2 amide bonds. The maximum atomic E-state index is 14.1. The molecule has 0 bridgehead atoms. The number of hydrogen-bond donors (Lipinski definition) is 1. The van der Waals surface area contributed by atoms with E-state index in [0.717, 1.165) is 39.0 Å². The van der Waals surface area contributed by atoms with E-state index in [2.05, 4.69) is 74.1 Å². The van der Waals surface area contributed by atoms with Crippen molar-refractivity contribution in [1.82, 2.24) is 9.47 Å². The number of carbonyl (C=O) groups excluding carboxylic acids is 2. The predicted octanol–water partition coefficient (Wildman–Crippen LogP) is 7.85. The summed E-state index contributed by atoms with van der Waals surface area (Å²) in [5.41, 5.74) is 8.90. The van der Waals surface area contributed by atoms with Crippen molar-refractivity contribution in [3.8, 4) is 11.3 Å². The van der Waals surface area contributed by atoms with Crippen molar-refractivity contribution >= 4 is 28.4 Å². The molecule has 0 saturated heterocycles. The number of carbonyl (C=O) groups is 2. The van der Waals surface area contributed by atoms with Crippen LogP contribution in [0.1, 0.15) is 65.3 Å². The Morgan fingerprint density at radius 1 is 0.829 bits per heavy atom. The lowest BCUT2D eigenvalue weighted by molar-refractivity contribution is -0.120. The van der Waals surface area contributed by atoms with E-state index >= 15 is 0 Å². The molecule has 5 heteroatoms. The highest BCUT2D eigenvalue weighted by Gasteiger charge is 2.44. The minimum atomic E-state index is -0.713. The number of hydrogen-bond acceptors (Lipinski definition) is 2. The zero-order valence-corrected chi connectivity index (χ0v) is 24.2. The lowest BCUT2D eigenvalue weighted by atomic mass is 9.92. The third-order valence-electron chi connectivity index (χ3n) is 8.38. The van der Waals surface area contributed by atoms with Gasteiger partial charge in [0.05, 0.1) is 11.7 Å². The molecule has 2 heterocycles. The zero-order valence-electron chi connectivity index (χ0n) is 24.2. The summed E-state index contributed by atoms with van der Waals surface area (Å²) in [7, 11) is 2.07. The van der Waals surface area contributed by atoms with Crippen LogP contribution in [0.15, 0.2) is 97.1 Å². The Labute approximate surface area is 241 Å². The second kappa shape index (κ2) is 10.4. The summed E-state index contributed by atoms with van der Waals surface area (Å²) in [6.07, 6.45) is 0. The monoisotopic (exact) mass is 541 g/mol. The molecule has 0 radical (unpaired) electrons. The summed E-state index contributed by atoms with van der Waals surface area (Å²) in [5, 5.41) is 4.13. The first-order valence-electron chi connectivity index (χ1n) is 14.2. The van der Waals surface area contributed by atoms with Gasteiger partial charge in [-0.15, -0.1) is 0 Å². The number of para-hydroxylation sites is 1. The molecule has 4 aromatic carbocycles. The van der Waals surface area contributed by atoms with Crippen LogP contribution in [-0.4, -0.2) is 27.3 Å². The summed E-state index contributed by atoms with van der Waals surface area (Å²) in [4.78, 5) is 29.6. The number of aromatic nitrogens is 1. The van der Waals surface area contributed by atoms with E-state index in [1.807, 2.05) is 67.6 Å². The molecule has 0 aliphatic carbocycles. The van der Waals surface area contributed by atoms with E-state index in [9.17, 15) is 9.59 Å². The second-order valence-electron chi connectivity index (χ2n) is 11.3. The van der Waals surface area contributed by atoms with Crippen LogP contribution in [0.5, 0.6) is 0 Å². The van der Waals surface area contributed by atoms with Crippen molar-refractivity contribution in [1.29, 1.82) is 0 Å². The van der Waals surface area contributed by atoms with Crippen molar-refractivity contribution in [2.75, 3.05) is 5.32 Å². The number of fused-ring (bicyclic) bond motifs is 2. The number of rotatable bonds is 6. The van der Waals surface area contributed by atoms with Crippen LogP contribution in [0.4, 0.5) is 5.69 Å². The van der Waals surface area contributed by atoms with Gasteiger partial charge in [0.25, 0.3) is 5.91 Å². The molecule has 0 saturated carbocycles. The largest absolute Gasteiger partial charge is 0.343 e. The zero-order chi connectivity index (χ0) is 28.8. The van der Waals surface area contributed by atoms with Crippen molar-refractivity contribution < 1.29 is 9.59 Å². The molecule has 1 aliphatic heterocycles. The summed E-state index contributed by atoms with van der Waals surface area (Å²) in [5.74, 6) is 0.0559. The van der Waals surface area contributed by atoms with E-state index < -0.39 is 12.1 Å². The van der Waals surface area contributed by atoms with E-state index in [0.29, 0.717) is 11.5 Å². The molecule has 0 spiro atoms. The molecule has 1 aliphatic rings. The summed E-state index contributed by atoms with van der Waals surface area (Å²) in [6, 6.07) is 31.4. The van der Waals surface area contributed by atoms with Crippen LogP contribution in [-0.2, 0) is 11.8 Å². The van der Waals surface area contributed by atoms with Gasteiger partial charge >= 0.3 is 0 Å². The van der Waals surface area contributed by atoms with Crippen molar-refractivity contribution in [3.63, 3.8) is 0 Å². The maximum absolute atomic E-state index is 14.1. The topological polar surface area (TPSA) is 54.3 Å². The van der Waals surface area contributed by atoms with Gasteiger partial charge < -0.3 is 14.8 Å². The van der Waals surface area contributed by atoms with Crippen molar-refractivity contribution in [2.24, 2.45) is 7.05 Å². The van der Waals surface area contributed by atoms with Crippen molar-refractivity contribution in [3.05, 3.63) is 125 Å². The fraction of sp³-hybridized carbons (Fsp3) is 0.222. The SMILES string of the molecule is Cc1ccc(-c2c(C3c4ccccc4C(=O)N3C(C)C(=O)Nc3ccc(C(C)C)cc3)c3ccccc3n2C)cc1. The fourth-order valence-electron chi connectivity index (χ4n) is 6.11. The molecule has 41 heavy (non-hydrogen) atoms. The van der Waals surface area contributed by atoms with Crippen LogP contribution >= 0.6 is 0 Å². The Hall–Kier alpha value is -4.64. The van der Waals surface area contributed by atoms with Gasteiger partial charge in [-0.25, -0.2) is 0 Å². The highest BCUT2D eigenvalue weighted by atomic mass is 16.2. The molecular weight excluding hydrogens is 506 g/mol. The Kier molecular flexibility index (Phi) is 6.74. The molecule has 1 N–H and O–H groups in total. The number of anilines is 1. The normalized spacial score (nSPS) is 15.4. The average molecular weight is 542 g/mol. The maximum Gasteiger partial charge on any atom is 0.255 e. The van der Waals surface area contributed by atoms with E-state index in [1.165, 1.54) is 11.1 Å². The van der Waals surface area contributed by atoms with Gasteiger partial charge in [0.1, 0.15) is 6.04 Å². The molecule has 1 aromatic heterocycles. The standard InChI is InChI=1S/C36H35N3O2/c1-22(2)25-18-20-27(21-19-25)37-35(40)24(4)39-34(28-10-6-7-11-29(28)36(39)41)32-30-12-8-9-13-31(30)38(5)33(32)26-16-14-23(3)15-17-26/h6-22,24,34H,1-5H3,(H,37,40). The molecule has 206 valence electrons. The van der Waals surface area contributed by atoms with Gasteiger partial charge in [0.15, 0.2) is 0 Å². The smallest absolute Gasteiger partial charge is 0.255 e. The van der Waals surface area contributed by atoms with Gasteiger partial charge in [-0.05, 0) is 60.7 Å². The van der Waals surface area contributed by atoms with E-state index in [1.54, 1.807) is 4.90 Å². The number of benzene rings is 4. The average Bonchev–Trinajstić information content (AvgIpc) is 3.44. The molecular formula is C36H35N3O2. The minimum absolute atomic E-state index is 0.133. The van der Waals surface area contributed by atoms with Crippen LogP contribution in [0.2, 0.25) is 0 Å². The highest BCUT2D eigenvalue weighted by Crippen LogP contribution is 2.47.